The number of carboxylic acid groups (broad SMARTS) is 1. The third-order valence-electron chi connectivity index (χ3n) is 3.75. The first-order valence-electron chi connectivity index (χ1n) is 6.11. The maximum absolute atomic E-state index is 11.6. The lowest BCUT2D eigenvalue weighted by atomic mass is 9.70. The SMILES string of the molecule is CCn1ccc(C2(C(=O)O)CCC(N)CC2)n1. The third-order valence-corrected chi connectivity index (χ3v) is 3.75. The minimum Gasteiger partial charge on any atom is -0.481 e. The van der Waals surface area contributed by atoms with Crippen LogP contribution in [0.15, 0.2) is 12.3 Å². The van der Waals surface area contributed by atoms with Crippen LogP contribution in [0.25, 0.3) is 0 Å². The van der Waals surface area contributed by atoms with Crippen molar-refractivity contribution in [1.29, 1.82) is 0 Å². The molecule has 3 N–H and O–H groups in total. The van der Waals surface area contributed by atoms with Crippen LogP contribution in [0, 0.1) is 0 Å². The van der Waals surface area contributed by atoms with Crippen LogP contribution in [-0.4, -0.2) is 26.9 Å². The van der Waals surface area contributed by atoms with E-state index in [2.05, 4.69) is 5.10 Å². The molecule has 1 aliphatic carbocycles. The Morgan fingerprint density at radius 2 is 2.29 bits per heavy atom. The average Bonchev–Trinajstić information content (AvgIpc) is 2.79. The summed E-state index contributed by atoms with van der Waals surface area (Å²) in [6, 6.07) is 1.96. The fraction of sp³-hybridized carbons (Fsp3) is 0.667. The van der Waals surface area contributed by atoms with Crippen molar-refractivity contribution in [2.45, 2.75) is 50.6 Å². The van der Waals surface area contributed by atoms with Gasteiger partial charge in [0, 0.05) is 18.8 Å². The zero-order valence-corrected chi connectivity index (χ0v) is 10.1. The lowest BCUT2D eigenvalue weighted by molar-refractivity contribution is -0.145. The van der Waals surface area contributed by atoms with Gasteiger partial charge in [-0.15, -0.1) is 0 Å². The van der Waals surface area contributed by atoms with E-state index in [1.807, 2.05) is 19.2 Å². The molecule has 17 heavy (non-hydrogen) atoms. The van der Waals surface area contributed by atoms with Gasteiger partial charge < -0.3 is 10.8 Å². The highest BCUT2D eigenvalue weighted by atomic mass is 16.4. The van der Waals surface area contributed by atoms with Crippen molar-refractivity contribution in [1.82, 2.24) is 9.78 Å². The van der Waals surface area contributed by atoms with E-state index < -0.39 is 11.4 Å². The zero-order chi connectivity index (χ0) is 12.5. The number of nitrogens with zero attached hydrogens (tertiary/aromatic N) is 2. The van der Waals surface area contributed by atoms with E-state index in [4.69, 9.17) is 5.73 Å². The molecule has 1 aromatic heterocycles. The molecule has 0 radical (unpaired) electrons. The number of aryl methyl sites for hydroxylation is 1. The van der Waals surface area contributed by atoms with Crippen LogP contribution in [0.1, 0.15) is 38.3 Å². The molecule has 1 aliphatic rings. The quantitative estimate of drug-likeness (QED) is 0.825. The van der Waals surface area contributed by atoms with Crippen molar-refractivity contribution in [2.75, 3.05) is 0 Å². The summed E-state index contributed by atoms with van der Waals surface area (Å²) < 4.78 is 1.77. The second-order valence-corrected chi connectivity index (χ2v) is 4.78. The van der Waals surface area contributed by atoms with E-state index in [9.17, 15) is 9.90 Å². The van der Waals surface area contributed by atoms with E-state index in [1.165, 1.54) is 0 Å². The van der Waals surface area contributed by atoms with E-state index in [-0.39, 0.29) is 6.04 Å². The monoisotopic (exact) mass is 237 g/mol. The Bertz CT molecular complexity index is 406. The van der Waals surface area contributed by atoms with Gasteiger partial charge in [-0.25, -0.2) is 0 Å². The number of aromatic nitrogens is 2. The van der Waals surface area contributed by atoms with Gasteiger partial charge in [0.15, 0.2) is 0 Å². The maximum Gasteiger partial charge on any atom is 0.315 e. The van der Waals surface area contributed by atoms with E-state index in [0.29, 0.717) is 18.5 Å². The smallest absolute Gasteiger partial charge is 0.315 e. The molecule has 5 nitrogen and oxygen atoms in total. The molecule has 1 heterocycles. The number of nitrogens with two attached hydrogens (primary N) is 1. The molecule has 0 bridgehead atoms. The fourth-order valence-corrected chi connectivity index (χ4v) is 2.51. The molecule has 0 saturated heterocycles. The van der Waals surface area contributed by atoms with Gasteiger partial charge in [-0.05, 0) is 38.7 Å². The third kappa shape index (κ3) is 2.07. The standard InChI is InChI=1S/C12H19N3O2/c1-2-15-8-5-10(14-15)12(11(16)17)6-3-9(13)4-7-12/h5,8-9H,2-4,6-7,13H2,1H3,(H,16,17). The summed E-state index contributed by atoms with van der Waals surface area (Å²) in [6.07, 6.45) is 4.53. The molecule has 94 valence electrons. The molecule has 0 aliphatic heterocycles. The first-order chi connectivity index (χ1) is 8.08. The zero-order valence-electron chi connectivity index (χ0n) is 10.1. The molecule has 0 atom stereocenters. The Morgan fingerprint density at radius 3 is 2.76 bits per heavy atom. The first-order valence-corrected chi connectivity index (χ1v) is 6.11. The Labute approximate surface area is 101 Å². The van der Waals surface area contributed by atoms with Crippen LogP contribution in [0.3, 0.4) is 0 Å². The molecule has 5 heteroatoms. The van der Waals surface area contributed by atoms with Gasteiger partial charge in [-0.3, -0.25) is 9.48 Å². The molecule has 1 aromatic rings. The van der Waals surface area contributed by atoms with Gasteiger partial charge >= 0.3 is 5.97 Å². The highest BCUT2D eigenvalue weighted by molar-refractivity contribution is 5.80. The second-order valence-electron chi connectivity index (χ2n) is 4.78. The van der Waals surface area contributed by atoms with Gasteiger partial charge in [0.25, 0.3) is 0 Å². The molecule has 0 unspecified atom stereocenters. The Balaban J connectivity index is 2.31. The van der Waals surface area contributed by atoms with Gasteiger partial charge in [0.1, 0.15) is 5.41 Å². The molecule has 2 rings (SSSR count). The number of carbonyl (C=O) groups is 1. The van der Waals surface area contributed by atoms with Crippen molar-refractivity contribution in [3.63, 3.8) is 0 Å². The minimum atomic E-state index is -0.823. The predicted octanol–water partition coefficient (Wildman–Crippen LogP) is 1.13. The molecule has 0 aromatic carbocycles. The van der Waals surface area contributed by atoms with Crippen LogP contribution >= 0.6 is 0 Å². The van der Waals surface area contributed by atoms with Crippen molar-refractivity contribution >= 4 is 5.97 Å². The Hall–Kier alpha value is -1.36. The van der Waals surface area contributed by atoms with Crippen LogP contribution in [0.4, 0.5) is 0 Å². The van der Waals surface area contributed by atoms with Gasteiger partial charge in [0.05, 0.1) is 5.69 Å². The molecule has 0 spiro atoms. The van der Waals surface area contributed by atoms with Crippen LogP contribution in [0.2, 0.25) is 0 Å². The van der Waals surface area contributed by atoms with E-state index >= 15 is 0 Å². The summed E-state index contributed by atoms with van der Waals surface area (Å²) in [5.74, 6) is -0.772. The summed E-state index contributed by atoms with van der Waals surface area (Å²) in [6.45, 7) is 2.75. The predicted molar refractivity (Wildman–Crippen MR) is 63.7 cm³/mol. The Morgan fingerprint density at radius 1 is 1.65 bits per heavy atom. The summed E-state index contributed by atoms with van der Waals surface area (Å²) >= 11 is 0. The van der Waals surface area contributed by atoms with Gasteiger partial charge in [-0.1, -0.05) is 0 Å². The molecule has 1 fully saturated rings. The van der Waals surface area contributed by atoms with Crippen molar-refractivity contribution in [3.05, 3.63) is 18.0 Å². The molecular weight excluding hydrogens is 218 g/mol. The highest BCUT2D eigenvalue weighted by Crippen LogP contribution is 2.38. The maximum atomic E-state index is 11.6. The molecular formula is C12H19N3O2. The lowest BCUT2D eigenvalue weighted by Crippen LogP contribution is -2.43. The van der Waals surface area contributed by atoms with Gasteiger partial charge in [-0.2, -0.15) is 5.10 Å². The lowest BCUT2D eigenvalue weighted by Gasteiger charge is -2.34. The average molecular weight is 237 g/mol. The largest absolute Gasteiger partial charge is 0.481 e. The number of rotatable bonds is 3. The minimum absolute atomic E-state index is 0.135. The number of hydrogen-bond donors (Lipinski definition) is 2. The topological polar surface area (TPSA) is 81.1 Å². The summed E-state index contributed by atoms with van der Waals surface area (Å²) in [5, 5.41) is 13.9. The Kier molecular flexibility index (Phi) is 3.19. The second kappa shape index (κ2) is 4.49. The molecule has 0 amide bonds. The number of aliphatic carboxylic acids is 1. The van der Waals surface area contributed by atoms with Gasteiger partial charge in [0.2, 0.25) is 0 Å². The first kappa shape index (κ1) is 12.1. The molecule has 1 saturated carbocycles. The van der Waals surface area contributed by atoms with Crippen LogP contribution < -0.4 is 5.73 Å². The van der Waals surface area contributed by atoms with Crippen LogP contribution in [0.5, 0.6) is 0 Å². The van der Waals surface area contributed by atoms with E-state index in [1.54, 1.807) is 4.68 Å². The van der Waals surface area contributed by atoms with Crippen molar-refractivity contribution in [2.24, 2.45) is 5.73 Å². The summed E-state index contributed by atoms with van der Waals surface area (Å²) in [4.78, 5) is 11.6. The van der Waals surface area contributed by atoms with E-state index in [0.717, 1.165) is 19.4 Å². The normalized spacial score (nSPS) is 29.2. The summed E-state index contributed by atoms with van der Waals surface area (Å²) in [5.41, 5.74) is 5.70. The number of carboxylic acids is 1. The number of hydrogen-bond acceptors (Lipinski definition) is 3. The highest BCUT2D eigenvalue weighted by Gasteiger charge is 2.44. The van der Waals surface area contributed by atoms with Crippen LogP contribution in [-0.2, 0) is 16.8 Å². The fourth-order valence-electron chi connectivity index (χ4n) is 2.51. The van der Waals surface area contributed by atoms with Crippen molar-refractivity contribution < 1.29 is 9.90 Å². The van der Waals surface area contributed by atoms with Crippen molar-refractivity contribution in [3.8, 4) is 0 Å². The summed E-state index contributed by atoms with van der Waals surface area (Å²) in [7, 11) is 0.